The molecule has 256 valence electrons. The minimum absolute atomic E-state index is 0.696. The lowest BCUT2D eigenvalue weighted by molar-refractivity contribution is 1.17. The summed E-state index contributed by atoms with van der Waals surface area (Å²) in [4.78, 5) is 14.5. The molecule has 0 fully saturated rings. The zero-order valence-corrected chi connectivity index (χ0v) is 29.8. The van der Waals surface area contributed by atoms with Gasteiger partial charge < -0.3 is 4.57 Å². The molecule has 3 heterocycles. The summed E-state index contributed by atoms with van der Waals surface area (Å²) in [7, 11) is 0. The van der Waals surface area contributed by atoms with Gasteiger partial charge in [0.25, 0.3) is 0 Å². The summed E-state index contributed by atoms with van der Waals surface area (Å²) in [6, 6.07) is 64.7. The highest BCUT2D eigenvalue weighted by atomic mass is 15.0. The Morgan fingerprint density at radius 3 is 1.71 bits per heavy atom. The van der Waals surface area contributed by atoms with Gasteiger partial charge in [-0.15, -0.1) is 0 Å². The van der Waals surface area contributed by atoms with Gasteiger partial charge in [0.05, 0.1) is 22.4 Å². The molecule has 0 aliphatic rings. The van der Waals surface area contributed by atoms with Crippen LogP contribution in [-0.2, 0) is 0 Å². The van der Waals surface area contributed by atoms with Gasteiger partial charge in [-0.1, -0.05) is 152 Å². The highest BCUT2D eigenvalue weighted by molar-refractivity contribution is 6.36. The first-order valence-corrected chi connectivity index (χ1v) is 18.6. The minimum Gasteiger partial charge on any atom is -0.309 e. The molecule has 0 aliphatic carbocycles. The fourth-order valence-corrected chi connectivity index (χ4v) is 8.32. The number of fused-ring (bicyclic) bond motifs is 10. The van der Waals surface area contributed by atoms with Gasteiger partial charge in [0, 0.05) is 50.9 Å². The third-order valence-electron chi connectivity index (χ3n) is 10.9. The van der Waals surface area contributed by atoms with Crippen LogP contribution in [0.5, 0.6) is 0 Å². The van der Waals surface area contributed by atoms with E-state index in [2.05, 4.69) is 167 Å². The number of aromatic nitrogens is 4. The third-order valence-corrected chi connectivity index (χ3v) is 10.9. The fraction of sp³-hybridized carbons (Fsp3) is 0. The van der Waals surface area contributed by atoms with Crippen molar-refractivity contribution in [3.63, 3.8) is 0 Å². The summed E-state index contributed by atoms with van der Waals surface area (Å²) in [5.74, 6) is 0.696. The second-order valence-corrected chi connectivity index (χ2v) is 14.0. The second-order valence-electron chi connectivity index (χ2n) is 14.0. The van der Waals surface area contributed by atoms with Crippen molar-refractivity contribution in [2.45, 2.75) is 0 Å². The van der Waals surface area contributed by atoms with E-state index in [1.165, 1.54) is 54.1 Å². The molecule has 4 heteroatoms. The van der Waals surface area contributed by atoms with Crippen LogP contribution in [0.1, 0.15) is 0 Å². The van der Waals surface area contributed by atoms with Crippen molar-refractivity contribution in [1.82, 2.24) is 19.5 Å². The predicted molar refractivity (Wildman–Crippen MR) is 228 cm³/mol. The van der Waals surface area contributed by atoms with Crippen LogP contribution in [0.4, 0.5) is 0 Å². The molecule has 0 spiro atoms. The van der Waals surface area contributed by atoms with Gasteiger partial charge in [0.15, 0.2) is 5.82 Å². The quantitative estimate of drug-likeness (QED) is 0.168. The monoisotopic (exact) mass is 700 g/mol. The summed E-state index contributed by atoms with van der Waals surface area (Å²) in [6.45, 7) is 0. The predicted octanol–water partition coefficient (Wildman–Crippen LogP) is 13.1. The van der Waals surface area contributed by atoms with Gasteiger partial charge in [0.2, 0.25) is 0 Å². The lowest BCUT2D eigenvalue weighted by Crippen LogP contribution is -1.97. The van der Waals surface area contributed by atoms with Gasteiger partial charge in [-0.25, -0.2) is 9.97 Å². The zero-order valence-electron chi connectivity index (χ0n) is 29.8. The van der Waals surface area contributed by atoms with E-state index >= 15 is 0 Å². The fourth-order valence-electron chi connectivity index (χ4n) is 8.32. The highest BCUT2D eigenvalue weighted by Crippen LogP contribution is 2.44. The van der Waals surface area contributed by atoms with E-state index in [1.54, 1.807) is 6.20 Å². The minimum atomic E-state index is 0.696. The van der Waals surface area contributed by atoms with Crippen molar-refractivity contribution in [3.8, 4) is 50.7 Å². The smallest absolute Gasteiger partial charge is 0.160 e. The summed E-state index contributed by atoms with van der Waals surface area (Å²) in [5.41, 5.74) is 10.5. The molecule has 0 saturated carbocycles. The first-order valence-electron chi connectivity index (χ1n) is 18.6. The Hall–Kier alpha value is -7.43. The number of nitrogens with zero attached hydrogens (tertiary/aromatic N) is 4. The molecule has 0 N–H and O–H groups in total. The average Bonchev–Trinajstić information content (AvgIpc) is 3.62. The molecule has 0 atom stereocenters. The summed E-state index contributed by atoms with van der Waals surface area (Å²) in [5, 5.41) is 10.1. The van der Waals surface area contributed by atoms with Crippen molar-refractivity contribution >= 4 is 54.1 Å². The third kappa shape index (κ3) is 5.11. The Labute approximate surface area is 317 Å². The van der Waals surface area contributed by atoms with E-state index < -0.39 is 0 Å². The molecule has 8 aromatic carbocycles. The molecule has 0 aliphatic heterocycles. The van der Waals surface area contributed by atoms with Crippen LogP contribution in [0.25, 0.3) is 105 Å². The van der Waals surface area contributed by atoms with Crippen molar-refractivity contribution in [3.05, 3.63) is 194 Å². The van der Waals surface area contributed by atoms with Crippen molar-refractivity contribution in [2.24, 2.45) is 0 Å². The number of hydrogen-bond acceptors (Lipinski definition) is 3. The maximum atomic E-state index is 5.13. The van der Waals surface area contributed by atoms with Crippen LogP contribution in [0.2, 0.25) is 0 Å². The number of pyridine rings is 1. The Morgan fingerprint density at radius 1 is 0.382 bits per heavy atom. The van der Waals surface area contributed by atoms with Crippen LogP contribution >= 0.6 is 0 Å². The Kier molecular flexibility index (Phi) is 7.14. The normalized spacial score (nSPS) is 11.6. The van der Waals surface area contributed by atoms with E-state index in [0.29, 0.717) is 5.82 Å². The van der Waals surface area contributed by atoms with Crippen LogP contribution in [-0.4, -0.2) is 19.5 Å². The SMILES string of the molecule is c1ccc(-c2nc(-c3ccc(-c4cccnc4)cc3)cc(-c3ccc(-n4c5ccccc5c5c6ccccc6c6c7ccccc7ccc6c54)cc3)n2)cc1. The lowest BCUT2D eigenvalue weighted by atomic mass is 9.93. The van der Waals surface area contributed by atoms with Gasteiger partial charge in [-0.05, 0) is 68.4 Å². The molecule has 0 bridgehead atoms. The van der Waals surface area contributed by atoms with Crippen LogP contribution in [0, 0.1) is 0 Å². The molecule has 11 aromatic rings. The highest BCUT2D eigenvalue weighted by Gasteiger charge is 2.20. The van der Waals surface area contributed by atoms with Gasteiger partial charge >= 0.3 is 0 Å². The van der Waals surface area contributed by atoms with Gasteiger partial charge in [0.1, 0.15) is 0 Å². The number of rotatable bonds is 5. The van der Waals surface area contributed by atoms with E-state index in [1.807, 2.05) is 30.5 Å². The van der Waals surface area contributed by atoms with E-state index in [0.717, 1.165) is 44.9 Å². The molecule has 4 nitrogen and oxygen atoms in total. The van der Waals surface area contributed by atoms with E-state index in [9.17, 15) is 0 Å². The summed E-state index contributed by atoms with van der Waals surface area (Å²) < 4.78 is 2.45. The average molecular weight is 701 g/mol. The largest absolute Gasteiger partial charge is 0.309 e. The van der Waals surface area contributed by atoms with Crippen molar-refractivity contribution in [2.75, 3.05) is 0 Å². The van der Waals surface area contributed by atoms with Crippen molar-refractivity contribution in [1.29, 1.82) is 0 Å². The van der Waals surface area contributed by atoms with Crippen molar-refractivity contribution < 1.29 is 0 Å². The first kappa shape index (κ1) is 31.1. The number of benzene rings is 8. The lowest BCUT2D eigenvalue weighted by Gasteiger charge is -2.14. The standard InChI is InChI=1S/C51H32N4/c1-2-12-37(13-3-1)51-53-45(35-22-20-33(21-23-35)38-14-10-30-52-32-38)31-46(54-51)36-24-27-39(28-25-36)55-47-19-9-8-18-43(47)49-42-17-7-6-16-41(42)48-40-15-5-4-11-34(40)26-29-44(48)50(49)55/h1-32H. The molecule has 55 heavy (non-hydrogen) atoms. The van der Waals surface area contributed by atoms with Crippen LogP contribution in [0.3, 0.4) is 0 Å². The second kappa shape index (κ2) is 12.6. The molecule has 0 saturated heterocycles. The molecular formula is C51H32N4. The maximum absolute atomic E-state index is 5.13. The zero-order chi connectivity index (χ0) is 36.3. The van der Waals surface area contributed by atoms with Gasteiger partial charge in [-0.2, -0.15) is 0 Å². The number of para-hydroxylation sites is 1. The molecular weight excluding hydrogens is 669 g/mol. The van der Waals surface area contributed by atoms with Crippen LogP contribution in [0.15, 0.2) is 194 Å². The topological polar surface area (TPSA) is 43.6 Å². The van der Waals surface area contributed by atoms with E-state index in [4.69, 9.17) is 9.97 Å². The van der Waals surface area contributed by atoms with Crippen LogP contribution < -0.4 is 0 Å². The molecule has 0 amide bonds. The molecule has 0 radical (unpaired) electrons. The number of hydrogen-bond donors (Lipinski definition) is 0. The maximum Gasteiger partial charge on any atom is 0.160 e. The first-order chi connectivity index (χ1) is 27.3. The Balaban J connectivity index is 1.09. The van der Waals surface area contributed by atoms with E-state index in [-0.39, 0.29) is 0 Å². The Bertz CT molecular complexity index is 3220. The van der Waals surface area contributed by atoms with Gasteiger partial charge in [-0.3, -0.25) is 4.98 Å². The Morgan fingerprint density at radius 2 is 0.982 bits per heavy atom. The summed E-state index contributed by atoms with van der Waals surface area (Å²) in [6.07, 6.45) is 3.69. The summed E-state index contributed by atoms with van der Waals surface area (Å²) >= 11 is 0. The molecule has 3 aromatic heterocycles. The molecule has 0 unspecified atom stereocenters. The molecule has 11 rings (SSSR count).